The fourth-order valence-corrected chi connectivity index (χ4v) is 1.15. The molecule has 0 aliphatic carbocycles. The molecule has 3 nitrogen and oxygen atoms in total. The summed E-state index contributed by atoms with van der Waals surface area (Å²) in [5, 5.41) is 2.78. The average molecular weight is 181 g/mol. The topological polar surface area (TPSA) is 38.3 Å². The van der Waals surface area contributed by atoms with Gasteiger partial charge in [-0.15, -0.1) is 0 Å². The van der Waals surface area contributed by atoms with Crippen molar-refractivity contribution in [1.82, 2.24) is 5.32 Å². The first-order valence-corrected chi connectivity index (χ1v) is 4.60. The van der Waals surface area contributed by atoms with E-state index in [1.54, 1.807) is 0 Å². The number of allylic oxidation sites excluding steroid dienone is 3. The summed E-state index contributed by atoms with van der Waals surface area (Å²) in [7, 11) is 0. The molecule has 1 heterocycles. The first kappa shape index (κ1) is 9.84. The summed E-state index contributed by atoms with van der Waals surface area (Å²) in [5.74, 6) is 0.789. The van der Waals surface area contributed by atoms with E-state index in [2.05, 4.69) is 5.32 Å². The third-order valence-corrected chi connectivity index (χ3v) is 1.79. The minimum atomic E-state index is -0.0760. The van der Waals surface area contributed by atoms with Crippen LogP contribution >= 0.6 is 0 Å². The van der Waals surface area contributed by atoms with Gasteiger partial charge >= 0.3 is 0 Å². The Balaban J connectivity index is 2.77. The van der Waals surface area contributed by atoms with E-state index in [0.29, 0.717) is 0 Å². The van der Waals surface area contributed by atoms with Crippen LogP contribution in [0.25, 0.3) is 0 Å². The SMILES string of the molecule is CC/C=C\C1=C(CC)OCC(=O)N1. The van der Waals surface area contributed by atoms with Crippen LogP contribution in [0.2, 0.25) is 0 Å². The zero-order chi connectivity index (χ0) is 9.68. The van der Waals surface area contributed by atoms with E-state index in [1.165, 1.54) is 0 Å². The average Bonchev–Trinajstić information content (AvgIpc) is 2.15. The van der Waals surface area contributed by atoms with Crippen molar-refractivity contribution in [2.24, 2.45) is 0 Å². The van der Waals surface area contributed by atoms with Crippen LogP contribution in [0.5, 0.6) is 0 Å². The van der Waals surface area contributed by atoms with Crippen molar-refractivity contribution in [3.63, 3.8) is 0 Å². The minimum absolute atomic E-state index is 0.0760. The number of nitrogens with one attached hydrogen (secondary N) is 1. The first-order chi connectivity index (χ1) is 6.27. The molecule has 0 fully saturated rings. The molecular weight excluding hydrogens is 166 g/mol. The van der Waals surface area contributed by atoms with Crippen LogP contribution < -0.4 is 5.32 Å². The van der Waals surface area contributed by atoms with Gasteiger partial charge in [-0.3, -0.25) is 4.79 Å². The molecule has 1 N–H and O–H groups in total. The predicted octanol–water partition coefficient (Wildman–Crippen LogP) is 1.72. The molecule has 0 aromatic carbocycles. The van der Waals surface area contributed by atoms with Crippen molar-refractivity contribution < 1.29 is 9.53 Å². The van der Waals surface area contributed by atoms with Gasteiger partial charge in [-0.1, -0.05) is 19.9 Å². The molecule has 0 saturated heterocycles. The smallest absolute Gasteiger partial charge is 0.262 e. The van der Waals surface area contributed by atoms with E-state index in [0.717, 1.165) is 24.3 Å². The Labute approximate surface area is 78.5 Å². The maximum atomic E-state index is 11.0. The molecule has 0 unspecified atom stereocenters. The molecule has 0 atom stereocenters. The van der Waals surface area contributed by atoms with Gasteiger partial charge in [0.05, 0.1) is 5.70 Å². The lowest BCUT2D eigenvalue weighted by atomic mass is 10.2. The number of carbonyl (C=O) groups excluding carboxylic acids is 1. The van der Waals surface area contributed by atoms with E-state index in [-0.39, 0.29) is 12.5 Å². The normalized spacial score (nSPS) is 17.5. The van der Waals surface area contributed by atoms with Crippen LogP contribution in [0, 0.1) is 0 Å². The second-order valence-corrected chi connectivity index (χ2v) is 2.84. The lowest BCUT2D eigenvalue weighted by molar-refractivity contribution is -0.125. The Morgan fingerprint density at radius 2 is 2.31 bits per heavy atom. The third-order valence-electron chi connectivity index (χ3n) is 1.79. The van der Waals surface area contributed by atoms with Gasteiger partial charge in [0, 0.05) is 6.42 Å². The Morgan fingerprint density at radius 3 is 2.92 bits per heavy atom. The molecule has 0 radical (unpaired) electrons. The van der Waals surface area contributed by atoms with Gasteiger partial charge in [0.25, 0.3) is 5.91 Å². The standard InChI is InChI=1S/C10H15NO2/c1-3-5-6-8-9(4-2)13-7-10(12)11-8/h5-6H,3-4,7H2,1-2H3,(H,11,12)/b6-5-. The van der Waals surface area contributed by atoms with Crippen molar-refractivity contribution in [3.05, 3.63) is 23.6 Å². The Kier molecular flexibility index (Phi) is 3.55. The molecule has 72 valence electrons. The summed E-state index contributed by atoms with van der Waals surface area (Å²) in [4.78, 5) is 11.0. The van der Waals surface area contributed by atoms with Gasteiger partial charge in [0.15, 0.2) is 6.61 Å². The minimum Gasteiger partial charge on any atom is -0.486 e. The molecule has 0 bridgehead atoms. The number of carbonyl (C=O) groups is 1. The van der Waals surface area contributed by atoms with Crippen LogP contribution in [0.1, 0.15) is 26.7 Å². The van der Waals surface area contributed by atoms with Gasteiger partial charge in [0.1, 0.15) is 5.76 Å². The number of amides is 1. The van der Waals surface area contributed by atoms with Crippen LogP contribution in [0.15, 0.2) is 23.6 Å². The fraction of sp³-hybridized carbons (Fsp3) is 0.500. The summed E-state index contributed by atoms with van der Waals surface area (Å²) in [6.45, 7) is 4.20. The van der Waals surface area contributed by atoms with Gasteiger partial charge in [-0.2, -0.15) is 0 Å². The highest BCUT2D eigenvalue weighted by Gasteiger charge is 2.15. The Bertz CT molecular complexity index is 254. The zero-order valence-corrected chi connectivity index (χ0v) is 8.09. The van der Waals surface area contributed by atoms with Gasteiger partial charge in [-0.05, 0) is 12.5 Å². The van der Waals surface area contributed by atoms with Crippen molar-refractivity contribution in [3.8, 4) is 0 Å². The summed E-state index contributed by atoms with van der Waals surface area (Å²) < 4.78 is 5.27. The van der Waals surface area contributed by atoms with E-state index >= 15 is 0 Å². The van der Waals surface area contributed by atoms with E-state index < -0.39 is 0 Å². The van der Waals surface area contributed by atoms with Crippen molar-refractivity contribution in [2.75, 3.05) is 6.61 Å². The molecule has 1 aliphatic heterocycles. The quantitative estimate of drug-likeness (QED) is 0.720. The second kappa shape index (κ2) is 4.70. The van der Waals surface area contributed by atoms with Crippen LogP contribution in [-0.2, 0) is 9.53 Å². The molecule has 0 spiro atoms. The van der Waals surface area contributed by atoms with Crippen LogP contribution in [0.3, 0.4) is 0 Å². The zero-order valence-electron chi connectivity index (χ0n) is 8.09. The first-order valence-electron chi connectivity index (χ1n) is 4.60. The lowest BCUT2D eigenvalue weighted by Crippen LogP contribution is -2.32. The third kappa shape index (κ3) is 2.61. The van der Waals surface area contributed by atoms with Gasteiger partial charge in [-0.25, -0.2) is 0 Å². The number of hydrogen-bond donors (Lipinski definition) is 1. The monoisotopic (exact) mass is 181 g/mol. The largest absolute Gasteiger partial charge is 0.486 e. The highest BCUT2D eigenvalue weighted by molar-refractivity contribution is 5.80. The van der Waals surface area contributed by atoms with Crippen molar-refractivity contribution in [1.29, 1.82) is 0 Å². The molecule has 0 saturated carbocycles. The number of rotatable bonds is 3. The van der Waals surface area contributed by atoms with Crippen LogP contribution in [0.4, 0.5) is 0 Å². The summed E-state index contributed by atoms with van der Waals surface area (Å²) >= 11 is 0. The van der Waals surface area contributed by atoms with E-state index in [4.69, 9.17) is 4.74 Å². The molecule has 1 rings (SSSR count). The predicted molar refractivity (Wildman–Crippen MR) is 50.8 cm³/mol. The Morgan fingerprint density at radius 1 is 1.54 bits per heavy atom. The van der Waals surface area contributed by atoms with Gasteiger partial charge in [0.2, 0.25) is 0 Å². The number of hydrogen-bond acceptors (Lipinski definition) is 2. The molecule has 3 heteroatoms. The summed E-state index contributed by atoms with van der Waals surface area (Å²) in [6.07, 6.45) is 5.66. The Hall–Kier alpha value is -1.25. The molecule has 13 heavy (non-hydrogen) atoms. The molecular formula is C10H15NO2. The van der Waals surface area contributed by atoms with E-state index in [1.807, 2.05) is 26.0 Å². The molecule has 1 aliphatic rings. The fourth-order valence-electron chi connectivity index (χ4n) is 1.15. The lowest BCUT2D eigenvalue weighted by Gasteiger charge is -2.18. The molecule has 0 aromatic heterocycles. The maximum absolute atomic E-state index is 11.0. The molecule has 1 amide bonds. The van der Waals surface area contributed by atoms with E-state index in [9.17, 15) is 4.79 Å². The van der Waals surface area contributed by atoms with Crippen LogP contribution in [-0.4, -0.2) is 12.5 Å². The summed E-state index contributed by atoms with van der Waals surface area (Å²) in [5.41, 5.74) is 0.806. The maximum Gasteiger partial charge on any atom is 0.262 e. The number of ether oxygens (including phenoxy) is 1. The molecule has 0 aromatic rings. The highest BCUT2D eigenvalue weighted by Crippen LogP contribution is 2.13. The van der Waals surface area contributed by atoms with Crippen molar-refractivity contribution >= 4 is 5.91 Å². The van der Waals surface area contributed by atoms with Crippen molar-refractivity contribution in [2.45, 2.75) is 26.7 Å². The highest BCUT2D eigenvalue weighted by atomic mass is 16.5. The second-order valence-electron chi connectivity index (χ2n) is 2.84. The summed E-state index contributed by atoms with van der Waals surface area (Å²) in [6, 6.07) is 0. The van der Waals surface area contributed by atoms with Gasteiger partial charge < -0.3 is 10.1 Å².